The molecule has 0 radical (unpaired) electrons. The van der Waals surface area contributed by atoms with Gasteiger partial charge < -0.3 is 15.7 Å². The lowest BCUT2D eigenvalue weighted by atomic mass is 10.0. The number of hydrogen-bond donors (Lipinski definition) is 3. The summed E-state index contributed by atoms with van der Waals surface area (Å²) in [7, 11) is 0. The quantitative estimate of drug-likeness (QED) is 0.601. The van der Waals surface area contributed by atoms with Gasteiger partial charge in [0.2, 0.25) is 5.91 Å². The summed E-state index contributed by atoms with van der Waals surface area (Å²) in [5.74, 6) is 0.00632. The van der Waals surface area contributed by atoms with Gasteiger partial charge in [-0.1, -0.05) is 6.42 Å². The molecule has 1 fully saturated rings. The van der Waals surface area contributed by atoms with Crippen molar-refractivity contribution in [3.63, 3.8) is 0 Å². The van der Waals surface area contributed by atoms with Gasteiger partial charge in [-0.15, -0.1) is 0 Å². The van der Waals surface area contributed by atoms with Gasteiger partial charge in [-0.3, -0.25) is 4.79 Å². The molecule has 0 spiro atoms. The highest BCUT2D eigenvalue weighted by Crippen LogP contribution is 2.07. The van der Waals surface area contributed by atoms with Crippen molar-refractivity contribution in [1.29, 1.82) is 0 Å². The Morgan fingerprint density at radius 3 is 2.79 bits per heavy atom. The van der Waals surface area contributed by atoms with E-state index in [4.69, 9.17) is 0 Å². The highest BCUT2D eigenvalue weighted by Gasteiger charge is 2.22. The summed E-state index contributed by atoms with van der Waals surface area (Å²) in [6.07, 6.45) is 3.15. The van der Waals surface area contributed by atoms with Crippen LogP contribution in [0.5, 0.6) is 0 Å². The summed E-state index contributed by atoms with van der Waals surface area (Å²) in [6.45, 7) is 4.59. The Labute approximate surface area is 85.1 Å². The number of amides is 1. The summed E-state index contributed by atoms with van der Waals surface area (Å²) >= 11 is 0. The van der Waals surface area contributed by atoms with E-state index in [2.05, 4.69) is 10.6 Å². The van der Waals surface area contributed by atoms with Crippen molar-refractivity contribution in [2.24, 2.45) is 0 Å². The third kappa shape index (κ3) is 4.07. The van der Waals surface area contributed by atoms with Gasteiger partial charge in [0, 0.05) is 6.54 Å². The molecule has 0 unspecified atom stereocenters. The van der Waals surface area contributed by atoms with Crippen LogP contribution in [0.25, 0.3) is 0 Å². The molecule has 0 aromatic carbocycles. The molecule has 0 aromatic rings. The van der Waals surface area contributed by atoms with Crippen LogP contribution in [-0.2, 0) is 4.79 Å². The molecular formula is C10H20N2O2. The van der Waals surface area contributed by atoms with E-state index in [9.17, 15) is 9.90 Å². The zero-order chi connectivity index (χ0) is 10.6. The summed E-state index contributed by atoms with van der Waals surface area (Å²) < 4.78 is 0. The Balaban J connectivity index is 2.27. The molecule has 1 atom stereocenters. The maximum Gasteiger partial charge on any atom is 0.237 e. The van der Waals surface area contributed by atoms with Crippen LogP contribution in [-0.4, -0.2) is 35.7 Å². The minimum absolute atomic E-state index is 0.00632. The zero-order valence-electron chi connectivity index (χ0n) is 8.97. The zero-order valence-corrected chi connectivity index (χ0v) is 8.97. The Kier molecular flexibility index (Phi) is 3.89. The van der Waals surface area contributed by atoms with E-state index in [1.807, 2.05) is 0 Å². The highest BCUT2D eigenvalue weighted by atomic mass is 16.3. The summed E-state index contributed by atoms with van der Waals surface area (Å²) in [4.78, 5) is 11.6. The summed E-state index contributed by atoms with van der Waals surface area (Å²) in [6, 6.07) is -0.0638. The van der Waals surface area contributed by atoms with Crippen molar-refractivity contribution < 1.29 is 9.90 Å². The Morgan fingerprint density at radius 1 is 1.57 bits per heavy atom. The minimum atomic E-state index is -0.829. The molecule has 1 saturated heterocycles. The van der Waals surface area contributed by atoms with Gasteiger partial charge in [0.05, 0.1) is 11.6 Å². The van der Waals surface area contributed by atoms with Gasteiger partial charge in [-0.25, -0.2) is 0 Å². The molecular weight excluding hydrogens is 180 g/mol. The van der Waals surface area contributed by atoms with Crippen LogP contribution >= 0.6 is 0 Å². The Bertz CT molecular complexity index is 193. The molecule has 4 nitrogen and oxygen atoms in total. The predicted molar refractivity (Wildman–Crippen MR) is 54.9 cm³/mol. The maximum absolute atomic E-state index is 11.6. The SMILES string of the molecule is CC(C)(O)CNC(=O)[C@@H]1CCCCN1. The first-order valence-electron chi connectivity index (χ1n) is 5.22. The first kappa shape index (κ1) is 11.5. The number of hydrogen-bond acceptors (Lipinski definition) is 3. The number of carbonyl (C=O) groups excluding carboxylic acids is 1. The normalized spacial score (nSPS) is 23.2. The molecule has 3 N–H and O–H groups in total. The standard InChI is InChI=1S/C10H20N2O2/c1-10(2,14)7-12-9(13)8-5-3-4-6-11-8/h8,11,14H,3-7H2,1-2H3,(H,12,13)/t8-/m0/s1. The summed E-state index contributed by atoms with van der Waals surface area (Å²) in [5, 5.41) is 15.3. The number of rotatable bonds is 3. The van der Waals surface area contributed by atoms with Crippen molar-refractivity contribution in [2.75, 3.05) is 13.1 Å². The summed E-state index contributed by atoms with van der Waals surface area (Å²) in [5.41, 5.74) is -0.829. The van der Waals surface area contributed by atoms with Gasteiger partial charge in [-0.2, -0.15) is 0 Å². The topological polar surface area (TPSA) is 61.4 Å². The fourth-order valence-electron chi connectivity index (χ4n) is 1.50. The fourth-order valence-corrected chi connectivity index (χ4v) is 1.50. The molecule has 4 heteroatoms. The van der Waals surface area contributed by atoms with Gasteiger partial charge in [0.1, 0.15) is 0 Å². The van der Waals surface area contributed by atoms with Crippen LogP contribution in [0.4, 0.5) is 0 Å². The number of piperidine rings is 1. The van der Waals surface area contributed by atoms with E-state index < -0.39 is 5.60 Å². The Hall–Kier alpha value is -0.610. The van der Waals surface area contributed by atoms with Gasteiger partial charge >= 0.3 is 0 Å². The predicted octanol–water partition coefficient (Wildman–Crippen LogP) is 0.0156. The van der Waals surface area contributed by atoms with E-state index in [1.54, 1.807) is 13.8 Å². The molecule has 0 saturated carbocycles. The molecule has 0 aromatic heterocycles. The average molecular weight is 200 g/mol. The lowest BCUT2D eigenvalue weighted by Gasteiger charge is -2.24. The van der Waals surface area contributed by atoms with Crippen LogP contribution in [0, 0.1) is 0 Å². The molecule has 82 valence electrons. The van der Waals surface area contributed by atoms with Gasteiger partial charge in [0.15, 0.2) is 0 Å². The third-order valence-electron chi connectivity index (χ3n) is 2.32. The monoisotopic (exact) mass is 200 g/mol. The van der Waals surface area contributed by atoms with E-state index >= 15 is 0 Å². The lowest BCUT2D eigenvalue weighted by Crippen LogP contribution is -2.49. The second-order valence-corrected chi connectivity index (χ2v) is 4.53. The van der Waals surface area contributed by atoms with Crippen LogP contribution in [0.2, 0.25) is 0 Å². The highest BCUT2D eigenvalue weighted by molar-refractivity contribution is 5.81. The third-order valence-corrected chi connectivity index (χ3v) is 2.32. The molecule has 0 aliphatic carbocycles. The average Bonchev–Trinajstić information content (AvgIpc) is 2.14. The molecule has 14 heavy (non-hydrogen) atoms. The van der Waals surface area contributed by atoms with Crippen molar-refractivity contribution in [1.82, 2.24) is 10.6 Å². The number of nitrogens with one attached hydrogen (secondary N) is 2. The Morgan fingerprint density at radius 2 is 2.29 bits per heavy atom. The second kappa shape index (κ2) is 4.75. The van der Waals surface area contributed by atoms with E-state index in [0.717, 1.165) is 25.8 Å². The molecule has 1 rings (SSSR count). The molecule has 1 aliphatic rings. The molecule has 1 amide bonds. The smallest absolute Gasteiger partial charge is 0.237 e. The van der Waals surface area contributed by atoms with Crippen molar-refractivity contribution in [3.8, 4) is 0 Å². The van der Waals surface area contributed by atoms with Gasteiger partial charge in [-0.05, 0) is 33.2 Å². The van der Waals surface area contributed by atoms with Gasteiger partial charge in [0.25, 0.3) is 0 Å². The van der Waals surface area contributed by atoms with Crippen LogP contribution in [0.15, 0.2) is 0 Å². The van der Waals surface area contributed by atoms with Crippen LogP contribution < -0.4 is 10.6 Å². The lowest BCUT2D eigenvalue weighted by molar-refractivity contribution is -0.124. The largest absolute Gasteiger partial charge is 0.389 e. The molecule has 1 aliphatic heterocycles. The number of aliphatic hydroxyl groups is 1. The first-order chi connectivity index (χ1) is 6.49. The van der Waals surface area contributed by atoms with E-state index in [-0.39, 0.29) is 11.9 Å². The number of carbonyl (C=O) groups is 1. The van der Waals surface area contributed by atoms with E-state index in [0.29, 0.717) is 6.54 Å². The molecule has 0 bridgehead atoms. The van der Waals surface area contributed by atoms with Crippen LogP contribution in [0.1, 0.15) is 33.1 Å². The second-order valence-electron chi connectivity index (χ2n) is 4.53. The molecule has 1 heterocycles. The first-order valence-corrected chi connectivity index (χ1v) is 5.22. The minimum Gasteiger partial charge on any atom is -0.389 e. The maximum atomic E-state index is 11.6. The van der Waals surface area contributed by atoms with Crippen molar-refractivity contribution in [3.05, 3.63) is 0 Å². The van der Waals surface area contributed by atoms with Crippen LogP contribution in [0.3, 0.4) is 0 Å². The van der Waals surface area contributed by atoms with Crippen molar-refractivity contribution >= 4 is 5.91 Å². The fraction of sp³-hybridized carbons (Fsp3) is 0.900. The van der Waals surface area contributed by atoms with E-state index in [1.165, 1.54) is 0 Å². The van der Waals surface area contributed by atoms with Crippen molar-refractivity contribution in [2.45, 2.75) is 44.8 Å².